The number of non-ortho nitro benzene ring substituents is 1. The number of nitrogens with zero attached hydrogens (tertiary/aromatic N) is 6. The van der Waals surface area contributed by atoms with E-state index in [1.807, 2.05) is 0 Å². The second-order valence-corrected chi connectivity index (χ2v) is 10.9. The normalized spacial score (nSPS) is 21.7. The first-order valence-electron chi connectivity index (χ1n) is 13.0. The fourth-order valence-corrected chi connectivity index (χ4v) is 5.97. The molecule has 3 N–H and O–H groups in total. The van der Waals surface area contributed by atoms with Crippen LogP contribution in [0.2, 0.25) is 0 Å². The Bertz CT molecular complexity index is 1630. The first-order valence-corrected chi connectivity index (χ1v) is 14.2. The van der Waals surface area contributed by atoms with Crippen LogP contribution >= 0.6 is 11.8 Å². The van der Waals surface area contributed by atoms with Gasteiger partial charge in [-0.3, -0.25) is 29.2 Å². The number of amides is 2. The molecule has 2 aromatic heterocycles. The highest BCUT2D eigenvalue weighted by molar-refractivity contribution is 7.99. The Hall–Kier alpha value is -4.44. The number of fused-ring (bicyclic) bond motifs is 2. The van der Waals surface area contributed by atoms with Crippen LogP contribution in [-0.2, 0) is 11.3 Å². The Labute approximate surface area is 242 Å². The van der Waals surface area contributed by atoms with E-state index >= 15 is 0 Å². The predicted molar refractivity (Wildman–Crippen MR) is 151 cm³/mol. The van der Waals surface area contributed by atoms with Gasteiger partial charge >= 0.3 is 0 Å². The van der Waals surface area contributed by atoms with E-state index in [1.165, 1.54) is 46.0 Å². The number of aliphatic hydroxyl groups excluding tert-OH is 2. The van der Waals surface area contributed by atoms with Gasteiger partial charge in [-0.25, -0.2) is 15.0 Å². The molecule has 0 spiro atoms. The van der Waals surface area contributed by atoms with Gasteiger partial charge in [-0.2, -0.15) is 11.8 Å². The van der Waals surface area contributed by atoms with Crippen molar-refractivity contribution in [2.45, 2.75) is 31.1 Å². The van der Waals surface area contributed by atoms with E-state index < -0.39 is 29.5 Å². The van der Waals surface area contributed by atoms with E-state index in [2.05, 4.69) is 20.3 Å². The molecule has 6 rings (SSSR count). The number of nitrogens with one attached hydrogen (secondary N) is 1. The van der Waals surface area contributed by atoms with Crippen LogP contribution in [0.4, 0.5) is 11.5 Å². The number of carbonyl (C=O) groups excluding carboxylic acids is 2. The van der Waals surface area contributed by atoms with Crippen LogP contribution in [0, 0.1) is 10.1 Å². The number of carbonyl (C=O) groups is 2. The van der Waals surface area contributed by atoms with Crippen LogP contribution in [0.3, 0.4) is 0 Å². The molecular formula is C27H25N7O7S. The third kappa shape index (κ3) is 5.07. The highest BCUT2D eigenvalue weighted by Crippen LogP contribution is 2.34. The number of nitro groups is 1. The molecule has 2 aliphatic heterocycles. The number of aliphatic hydroxyl groups is 2. The zero-order chi connectivity index (χ0) is 29.4. The molecule has 2 amide bonds. The van der Waals surface area contributed by atoms with Crippen LogP contribution in [0.25, 0.3) is 11.2 Å². The highest BCUT2D eigenvalue weighted by Gasteiger charge is 2.44. The maximum absolute atomic E-state index is 12.6. The lowest BCUT2D eigenvalue weighted by Crippen LogP contribution is -2.34. The SMILES string of the molecule is O=C1c2ccccc2C(=O)N1CCSC[C@H]1O[C@@H](n2cnc3c(NCc4ccc([N+](=O)[O-])cc4)ncnc32)[C@H](O)[C@@H]1O. The number of nitro benzene ring substituents is 1. The number of rotatable bonds is 10. The fourth-order valence-electron chi connectivity index (χ4n) is 4.98. The Morgan fingerprint density at radius 3 is 2.40 bits per heavy atom. The maximum atomic E-state index is 12.6. The van der Waals surface area contributed by atoms with E-state index in [0.717, 1.165) is 5.56 Å². The Morgan fingerprint density at radius 1 is 1.00 bits per heavy atom. The van der Waals surface area contributed by atoms with E-state index in [0.29, 0.717) is 46.2 Å². The molecule has 42 heavy (non-hydrogen) atoms. The number of imidazole rings is 1. The van der Waals surface area contributed by atoms with Crippen LogP contribution in [-0.4, -0.2) is 87.7 Å². The standard InChI is InChI=1S/C27H25N7O7S/c35-21-19(12-42-10-9-32-25(37)17-3-1-2-4-18(17)26(32)38)41-27(22(21)36)33-14-31-20-23(29-13-30-24(20)33)28-11-15-5-7-16(8-6-15)34(39)40/h1-8,13-14,19,21-22,27,35-36H,9-12H2,(H,28,29,30)/t19-,21-,22-,27-/m1/s1. The number of benzene rings is 2. The first-order chi connectivity index (χ1) is 20.3. The summed E-state index contributed by atoms with van der Waals surface area (Å²) in [5, 5.41) is 35.5. The minimum absolute atomic E-state index is 0.00120. The fraction of sp³-hybridized carbons (Fsp3) is 0.296. The van der Waals surface area contributed by atoms with Gasteiger partial charge < -0.3 is 20.3 Å². The van der Waals surface area contributed by atoms with Gasteiger partial charge in [0.25, 0.3) is 17.5 Å². The highest BCUT2D eigenvalue weighted by atomic mass is 32.2. The van der Waals surface area contributed by atoms with Gasteiger partial charge in [0.05, 0.1) is 28.5 Å². The summed E-state index contributed by atoms with van der Waals surface area (Å²) in [5.41, 5.74) is 2.39. The average molecular weight is 592 g/mol. The van der Waals surface area contributed by atoms with Crippen molar-refractivity contribution >= 4 is 46.2 Å². The summed E-state index contributed by atoms with van der Waals surface area (Å²) < 4.78 is 7.56. The van der Waals surface area contributed by atoms with Crippen molar-refractivity contribution in [3.63, 3.8) is 0 Å². The average Bonchev–Trinajstić information content (AvgIpc) is 3.63. The van der Waals surface area contributed by atoms with Gasteiger partial charge in [-0.15, -0.1) is 0 Å². The zero-order valence-corrected chi connectivity index (χ0v) is 22.8. The molecule has 0 radical (unpaired) electrons. The molecule has 0 bridgehead atoms. The van der Waals surface area contributed by atoms with Crippen molar-refractivity contribution in [2.75, 3.05) is 23.4 Å². The van der Waals surface area contributed by atoms with Crippen molar-refractivity contribution in [1.82, 2.24) is 24.4 Å². The number of hydrogen-bond donors (Lipinski definition) is 3. The molecule has 4 aromatic rings. The number of imide groups is 1. The second kappa shape index (κ2) is 11.4. The third-order valence-electron chi connectivity index (χ3n) is 7.20. The molecule has 0 aliphatic carbocycles. The minimum atomic E-state index is -1.25. The van der Waals surface area contributed by atoms with Crippen molar-refractivity contribution < 1.29 is 29.5 Å². The largest absolute Gasteiger partial charge is 0.387 e. The lowest BCUT2D eigenvalue weighted by molar-refractivity contribution is -0.384. The monoisotopic (exact) mass is 591 g/mol. The molecule has 2 aliphatic rings. The van der Waals surface area contributed by atoms with Crippen LogP contribution < -0.4 is 5.32 Å². The summed E-state index contributed by atoms with van der Waals surface area (Å²) in [7, 11) is 0. The quantitative estimate of drug-likeness (QED) is 0.106. The van der Waals surface area contributed by atoms with Crippen molar-refractivity contribution in [2.24, 2.45) is 0 Å². The van der Waals surface area contributed by atoms with Gasteiger partial charge in [0, 0.05) is 36.7 Å². The molecule has 14 nitrogen and oxygen atoms in total. The van der Waals surface area contributed by atoms with Gasteiger partial charge in [-0.05, 0) is 17.7 Å². The molecule has 4 heterocycles. The Balaban J connectivity index is 1.07. The van der Waals surface area contributed by atoms with E-state index in [-0.39, 0.29) is 24.0 Å². The lowest BCUT2D eigenvalue weighted by Gasteiger charge is -2.17. The molecule has 4 atom stereocenters. The smallest absolute Gasteiger partial charge is 0.269 e. The molecular weight excluding hydrogens is 566 g/mol. The number of ether oxygens (including phenoxy) is 1. The molecule has 15 heteroatoms. The van der Waals surface area contributed by atoms with Gasteiger partial charge in [-0.1, -0.05) is 24.3 Å². The number of hydrogen-bond acceptors (Lipinski definition) is 12. The second-order valence-electron chi connectivity index (χ2n) is 9.75. The van der Waals surface area contributed by atoms with Crippen molar-refractivity contribution in [3.05, 3.63) is 88.0 Å². The van der Waals surface area contributed by atoms with Gasteiger partial charge in [0.1, 0.15) is 18.5 Å². The summed E-state index contributed by atoms with van der Waals surface area (Å²) in [6.45, 7) is 0.544. The van der Waals surface area contributed by atoms with Gasteiger partial charge in [0.2, 0.25) is 0 Å². The maximum Gasteiger partial charge on any atom is 0.269 e. The first kappa shape index (κ1) is 27.7. The van der Waals surface area contributed by atoms with Crippen molar-refractivity contribution in [1.29, 1.82) is 0 Å². The molecule has 2 aromatic carbocycles. The number of anilines is 1. The summed E-state index contributed by atoms with van der Waals surface area (Å²) in [5.74, 6) is 0.537. The van der Waals surface area contributed by atoms with Gasteiger partial charge in [0.15, 0.2) is 23.2 Å². The molecule has 0 saturated carbocycles. The number of thioether (sulfide) groups is 1. The van der Waals surface area contributed by atoms with Crippen LogP contribution in [0.1, 0.15) is 32.5 Å². The predicted octanol–water partition coefficient (Wildman–Crippen LogP) is 2.00. The van der Waals surface area contributed by atoms with E-state index in [1.54, 1.807) is 36.4 Å². The lowest BCUT2D eigenvalue weighted by atomic mass is 10.1. The molecule has 1 saturated heterocycles. The van der Waals surface area contributed by atoms with Crippen LogP contribution in [0.5, 0.6) is 0 Å². The Kier molecular flexibility index (Phi) is 7.55. The summed E-state index contributed by atoms with van der Waals surface area (Å²) in [4.78, 5) is 49.7. The zero-order valence-electron chi connectivity index (χ0n) is 21.9. The topological polar surface area (TPSA) is 186 Å². The summed E-state index contributed by atoms with van der Waals surface area (Å²) in [6.07, 6.45) is -1.31. The number of aromatic nitrogens is 4. The minimum Gasteiger partial charge on any atom is -0.387 e. The van der Waals surface area contributed by atoms with E-state index in [4.69, 9.17) is 4.74 Å². The van der Waals surface area contributed by atoms with Crippen molar-refractivity contribution in [3.8, 4) is 0 Å². The summed E-state index contributed by atoms with van der Waals surface area (Å²) >= 11 is 1.40. The summed E-state index contributed by atoms with van der Waals surface area (Å²) in [6, 6.07) is 12.8. The molecule has 0 unspecified atom stereocenters. The molecule has 216 valence electrons. The van der Waals surface area contributed by atoms with E-state index in [9.17, 15) is 29.9 Å². The third-order valence-corrected chi connectivity index (χ3v) is 8.23. The molecule has 1 fully saturated rings. The Morgan fingerprint density at radius 2 is 1.71 bits per heavy atom. The van der Waals surface area contributed by atoms with Crippen LogP contribution in [0.15, 0.2) is 61.2 Å².